The van der Waals surface area contributed by atoms with E-state index in [-0.39, 0.29) is 11.3 Å². The Labute approximate surface area is 102 Å². The van der Waals surface area contributed by atoms with E-state index in [1.165, 1.54) is 0 Å². The molecule has 0 fully saturated rings. The first-order valence-electron chi connectivity index (χ1n) is 5.86. The lowest BCUT2D eigenvalue weighted by Gasteiger charge is -2.47. The van der Waals surface area contributed by atoms with Gasteiger partial charge in [0, 0.05) is 5.41 Å². The number of aldehydes is 1. The van der Waals surface area contributed by atoms with Crippen LogP contribution in [0.5, 0.6) is 0 Å². The number of rotatable bonds is 2. The van der Waals surface area contributed by atoms with Gasteiger partial charge in [-0.15, -0.1) is 0 Å². The number of amides is 1. The van der Waals surface area contributed by atoms with E-state index in [2.05, 4.69) is 0 Å². The average molecular weight is 239 g/mol. The Morgan fingerprint density at radius 1 is 1.53 bits per heavy atom. The number of allylic oxidation sites excluding steroid dienone is 1. The fourth-order valence-electron chi connectivity index (χ4n) is 2.48. The minimum absolute atomic E-state index is 0.303. The van der Waals surface area contributed by atoms with Crippen molar-refractivity contribution in [1.29, 1.82) is 0 Å². The molecule has 2 N–H and O–H groups in total. The Hall–Kier alpha value is -1.32. The first-order chi connectivity index (χ1) is 7.73. The smallest absolute Gasteiger partial charge is 0.405 e. The largest absolute Gasteiger partial charge is 0.438 e. The number of hydrogen-bond acceptors (Lipinski definition) is 3. The third-order valence-electron chi connectivity index (χ3n) is 3.45. The molecule has 96 valence electrons. The van der Waals surface area contributed by atoms with Crippen LogP contribution in [-0.4, -0.2) is 18.0 Å². The van der Waals surface area contributed by atoms with Gasteiger partial charge in [0.1, 0.15) is 11.9 Å². The second kappa shape index (κ2) is 4.51. The van der Waals surface area contributed by atoms with E-state index >= 15 is 0 Å². The Morgan fingerprint density at radius 3 is 2.53 bits per heavy atom. The summed E-state index contributed by atoms with van der Waals surface area (Å²) >= 11 is 0. The normalized spacial score (nSPS) is 33.2. The molecule has 0 heterocycles. The molecule has 4 nitrogen and oxygen atoms in total. The molecule has 0 radical (unpaired) electrons. The Morgan fingerprint density at radius 2 is 2.12 bits per heavy atom. The maximum atomic E-state index is 11.3. The number of nitrogens with two attached hydrogens (primary N) is 1. The minimum Gasteiger partial charge on any atom is -0.438 e. The van der Waals surface area contributed by atoms with E-state index in [0.29, 0.717) is 12.3 Å². The van der Waals surface area contributed by atoms with Crippen LogP contribution >= 0.6 is 0 Å². The molecule has 3 unspecified atom stereocenters. The first-order valence-corrected chi connectivity index (χ1v) is 5.86. The summed E-state index contributed by atoms with van der Waals surface area (Å²) in [6, 6.07) is 0. The highest BCUT2D eigenvalue weighted by molar-refractivity contribution is 5.68. The first kappa shape index (κ1) is 13.7. The van der Waals surface area contributed by atoms with Crippen molar-refractivity contribution in [3.8, 4) is 0 Å². The monoisotopic (exact) mass is 239 g/mol. The molecule has 0 aromatic heterocycles. The molecule has 0 spiro atoms. The zero-order valence-corrected chi connectivity index (χ0v) is 10.9. The van der Waals surface area contributed by atoms with Crippen molar-refractivity contribution in [2.24, 2.45) is 23.0 Å². The third kappa shape index (κ3) is 2.51. The molecule has 1 aliphatic rings. The fraction of sp³-hybridized carbons (Fsp3) is 0.692. The van der Waals surface area contributed by atoms with Gasteiger partial charge in [-0.05, 0) is 18.4 Å². The van der Waals surface area contributed by atoms with Gasteiger partial charge < -0.3 is 15.3 Å². The number of carbonyl (C=O) groups is 2. The summed E-state index contributed by atoms with van der Waals surface area (Å²) in [5.74, 6) is -0.0489. The van der Waals surface area contributed by atoms with Crippen LogP contribution in [-0.2, 0) is 9.53 Å². The van der Waals surface area contributed by atoms with Crippen molar-refractivity contribution >= 4 is 12.4 Å². The standard InChI is InChI=1S/C13H21NO3/c1-9-5-6-13(12(2,3)4,17-11(14)16)10(7-9)8-15/h5-6,8-10H,7H2,1-4H3,(H2,14,16). The summed E-state index contributed by atoms with van der Waals surface area (Å²) in [4.78, 5) is 22.4. The molecule has 1 aliphatic carbocycles. The Bertz CT molecular complexity index is 343. The molecule has 0 saturated carbocycles. The summed E-state index contributed by atoms with van der Waals surface area (Å²) in [5, 5.41) is 0. The van der Waals surface area contributed by atoms with E-state index in [4.69, 9.17) is 10.5 Å². The number of primary amides is 1. The van der Waals surface area contributed by atoms with Gasteiger partial charge in [-0.1, -0.05) is 33.8 Å². The minimum atomic E-state index is -0.937. The predicted octanol–water partition coefficient (Wildman–Crippen LogP) is 2.28. The molecular weight excluding hydrogens is 218 g/mol. The van der Waals surface area contributed by atoms with Crippen LogP contribution in [0.4, 0.5) is 4.79 Å². The van der Waals surface area contributed by atoms with Crippen molar-refractivity contribution in [2.75, 3.05) is 0 Å². The van der Waals surface area contributed by atoms with Crippen molar-refractivity contribution in [2.45, 2.75) is 39.7 Å². The van der Waals surface area contributed by atoms with E-state index in [1.807, 2.05) is 39.8 Å². The number of hydrogen-bond donors (Lipinski definition) is 1. The van der Waals surface area contributed by atoms with Crippen molar-refractivity contribution < 1.29 is 14.3 Å². The lowest BCUT2D eigenvalue weighted by Crippen LogP contribution is -2.54. The third-order valence-corrected chi connectivity index (χ3v) is 3.45. The molecule has 3 atom stereocenters. The average Bonchev–Trinajstić information content (AvgIpc) is 2.18. The summed E-state index contributed by atoms with van der Waals surface area (Å²) in [6.45, 7) is 7.84. The lowest BCUT2D eigenvalue weighted by atomic mass is 9.64. The SMILES string of the molecule is CC1C=CC(OC(N)=O)(C(C)(C)C)C(C=O)C1. The van der Waals surface area contributed by atoms with Crippen LogP contribution in [0, 0.1) is 17.3 Å². The summed E-state index contributed by atoms with van der Waals surface area (Å²) in [6.07, 6.45) is 4.50. The summed E-state index contributed by atoms with van der Waals surface area (Å²) < 4.78 is 5.32. The van der Waals surface area contributed by atoms with Gasteiger partial charge in [-0.25, -0.2) is 4.79 Å². The zero-order valence-electron chi connectivity index (χ0n) is 10.9. The molecule has 0 aliphatic heterocycles. The number of carbonyl (C=O) groups excluding carboxylic acids is 2. The van der Waals surface area contributed by atoms with E-state index in [9.17, 15) is 9.59 Å². The predicted molar refractivity (Wildman–Crippen MR) is 65.3 cm³/mol. The van der Waals surface area contributed by atoms with Crippen LogP contribution in [0.1, 0.15) is 34.1 Å². The Balaban J connectivity index is 3.24. The molecule has 17 heavy (non-hydrogen) atoms. The summed E-state index contributed by atoms with van der Waals surface area (Å²) in [7, 11) is 0. The molecule has 0 aromatic rings. The molecule has 4 heteroatoms. The topological polar surface area (TPSA) is 69.4 Å². The molecule has 0 bridgehead atoms. The highest BCUT2D eigenvalue weighted by atomic mass is 16.6. The maximum Gasteiger partial charge on any atom is 0.405 e. The van der Waals surface area contributed by atoms with Gasteiger partial charge >= 0.3 is 6.09 Å². The van der Waals surface area contributed by atoms with Crippen LogP contribution < -0.4 is 5.73 Å². The molecule has 1 rings (SSSR count). The van der Waals surface area contributed by atoms with Gasteiger partial charge in [0.2, 0.25) is 0 Å². The van der Waals surface area contributed by atoms with Crippen molar-refractivity contribution in [3.63, 3.8) is 0 Å². The van der Waals surface area contributed by atoms with E-state index < -0.39 is 11.7 Å². The Kier molecular flexibility index (Phi) is 3.65. The van der Waals surface area contributed by atoms with Crippen molar-refractivity contribution in [3.05, 3.63) is 12.2 Å². The molecule has 1 amide bonds. The second-order valence-electron chi connectivity index (χ2n) is 5.78. The maximum absolute atomic E-state index is 11.3. The molecular formula is C13H21NO3. The highest BCUT2D eigenvalue weighted by Gasteiger charge is 2.51. The highest BCUT2D eigenvalue weighted by Crippen LogP contribution is 2.45. The fourth-order valence-corrected chi connectivity index (χ4v) is 2.48. The van der Waals surface area contributed by atoms with Gasteiger partial charge in [0.25, 0.3) is 0 Å². The molecule has 0 saturated heterocycles. The lowest BCUT2D eigenvalue weighted by molar-refractivity contribution is -0.127. The van der Waals surface area contributed by atoms with Gasteiger partial charge in [-0.3, -0.25) is 0 Å². The van der Waals surface area contributed by atoms with Gasteiger partial charge in [0.05, 0.1) is 5.92 Å². The van der Waals surface area contributed by atoms with E-state index in [0.717, 1.165) is 6.29 Å². The van der Waals surface area contributed by atoms with Crippen LogP contribution in [0.25, 0.3) is 0 Å². The van der Waals surface area contributed by atoms with Gasteiger partial charge in [0.15, 0.2) is 0 Å². The van der Waals surface area contributed by atoms with Gasteiger partial charge in [-0.2, -0.15) is 0 Å². The van der Waals surface area contributed by atoms with E-state index in [1.54, 1.807) is 0 Å². The quantitative estimate of drug-likeness (QED) is 0.593. The molecule has 0 aromatic carbocycles. The summed E-state index contributed by atoms with van der Waals surface area (Å²) in [5.41, 5.74) is 3.82. The zero-order chi connectivity index (χ0) is 13.3. The van der Waals surface area contributed by atoms with Crippen LogP contribution in [0.3, 0.4) is 0 Å². The van der Waals surface area contributed by atoms with Crippen LogP contribution in [0.2, 0.25) is 0 Å². The second-order valence-corrected chi connectivity index (χ2v) is 5.78. The van der Waals surface area contributed by atoms with Crippen LogP contribution in [0.15, 0.2) is 12.2 Å². The number of ether oxygens (including phenoxy) is 1. The van der Waals surface area contributed by atoms with Crippen molar-refractivity contribution in [1.82, 2.24) is 0 Å².